The summed E-state index contributed by atoms with van der Waals surface area (Å²) < 4.78 is 5.69. The van der Waals surface area contributed by atoms with Crippen molar-refractivity contribution in [1.82, 2.24) is 9.97 Å². The van der Waals surface area contributed by atoms with Gasteiger partial charge in [-0.05, 0) is 36.8 Å². The average molecular weight is 301 g/mol. The highest BCUT2D eigenvalue weighted by atomic mass is 35.5. The standard InChI is InChI=1S/C16H13ClN2O2/c1-10-6-7-11(17)8-14(10)21-9-15-18-13-5-3-2-4-12(13)16(20)19-15/h2-8H,9H2,1H3,(H,18,19,20). The van der Waals surface area contributed by atoms with Gasteiger partial charge in [0.25, 0.3) is 5.56 Å². The van der Waals surface area contributed by atoms with E-state index in [0.717, 1.165) is 5.56 Å². The molecule has 3 aromatic rings. The van der Waals surface area contributed by atoms with Crippen molar-refractivity contribution in [2.24, 2.45) is 0 Å². The number of nitrogens with one attached hydrogen (secondary N) is 1. The van der Waals surface area contributed by atoms with Crippen molar-refractivity contribution in [2.45, 2.75) is 13.5 Å². The fourth-order valence-electron chi connectivity index (χ4n) is 2.08. The van der Waals surface area contributed by atoms with Crippen LogP contribution in [0.4, 0.5) is 0 Å². The first-order valence-corrected chi connectivity index (χ1v) is 6.88. The van der Waals surface area contributed by atoms with E-state index < -0.39 is 0 Å². The number of halogens is 1. The molecule has 0 saturated carbocycles. The number of aromatic nitrogens is 2. The summed E-state index contributed by atoms with van der Waals surface area (Å²) in [5.41, 5.74) is 1.47. The smallest absolute Gasteiger partial charge is 0.258 e. The lowest BCUT2D eigenvalue weighted by Crippen LogP contribution is -2.13. The highest BCUT2D eigenvalue weighted by Crippen LogP contribution is 2.23. The highest BCUT2D eigenvalue weighted by Gasteiger charge is 2.05. The van der Waals surface area contributed by atoms with Crippen LogP contribution in [0.1, 0.15) is 11.4 Å². The van der Waals surface area contributed by atoms with Gasteiger partial charge in [0, 0.05) is 5.02 Å². The Bertz CT molecular complexity index is 858. The molecule has 0 bridgehead atoms. The van der Waals surface area contributed by atoms with Gasteiger partial charge in [-0.3, -0.25) is 4.79 Å². The first kappa shape index (κ1) is 13.6. The van der Waals surface area contributed by atoms with Crippen LogP contribution in [0.3, 0.4) is 0 Å². The predicted molar refractivity (Wildman–Crippen MR) is 82.9 cm³/mol. The molecule has 1 aromatic heterocycles. The summed E-state index contributed by atoms with van der Waals surface area (Å²) in [4.78, 5) is 19.1. The molecule has 106 valence electrons. The maximum Gasteiger partial charge on any atom is 0.258 e. The van der Waals surface area contributed by atoms with E-state index in [9.17, 15) is 4.79 Å². The molecule has 1 N–H and O–H groups in total. The minimum atomic E-state index is -0.165. The van der Waals surface area contributed by atoms with Gasteiger partial charge in [-0.25, -0.2) is 4.98 Å². The largest absolute Gasteiger partial charge is 0.485 e. The Morgan fingerprint density at radius 2 is 2.05 bits per heavy atom. The van der Waals surface area contributed by atoms with Crippen molar-refractivity contribution in [3.63, 3.8) is 0 Å². The topological polar surface area (TPSA) is 55.0 Å². The van der Waals surface area contributed by atoms with Crippen molar-refractivity contribution < 1.29 is 4.74 Å². The summed E-state index contributed by atoms with van der Waals surface area (Å²) in [6, 6.07) is 12.6. The van der Waals surface area contributed by atoms with Crippen LogP contribution in [-0.4, -0.2) is 9.97 Å². The highest BCUT2D eigenvalue weighted by molar-refractivity contribution is 6.30. The molecule has 0 aliphatic rings. The second-order valence-corrected chi connectivity index (χ2v) is 5.16. The second-order valence-electron chi connectivity index (χ2n) is 4.73. The lowest BCUT2D eigenvalue weighted by Gasteiger charge is -2.09. The Kier molecular flexibility index (Phi) is 3.62. The Morgan fingerprint density at radius 1 is 1.24 bits per heavy atom. The third-order valence-electron chi connectivity index (χ3n) is 3.18. The van der Waals surface area contributed by atoms with Crippen LogP contribution in [-0.2, 0) is 6.61 Å². The van der Waals surface area contributed by atoms with E-state index in [4.69, 9.17) is 16.3 Å². The maximum atomic E-state index is 12.0. The van der Waals surface area contributed by atoms with Gasteiger partial charge in [0.15, 0.2) is 0 Å². The zero-order chi connectivity index (χ0) is 14.8. The molecule has 0 unspecified atom stereocenters. The van der Waals surface area contributed by atoms with Gasteiger partial charge in [-0.1, -0.05) is 29.8 Å². The molecule has 0 saturated heterocycles. The van der Waals surface area contributed by atoms with Gasteiger partial charge in [-0.2, -0.15) is 0 Å². The van der Waals surface area contributed by atoms with E-state index in [1.165, 1.54) is 0 Å². The number of benzene rings is 2. The first-order chi connectivity index (χ1) is 10.1. The first-order valence-electron chi connectivity index (χ1n) is 6.50. The fraction of sp³-hybridized carbons (Fsp3) is 0.125. The van der Waals surface area contributed by atoms with Gasteiger partial charge in [-0.15, -0.1) is 0 Å². The van der Waals surface area contributed by atoms with Crippen LogP contribution >= 0.6 is 11.6 Å². The average Bonchev–Trinajstić information content (AvgIpc) is 2.48. The summed E-state index contributed by atoms with van der Waals surface area (Å²) in [5, 5.41) is 1.18. The molecule has 0 fully saturated rings. The van der Waals surface area contributed by atoms with E-state index in [1.54, 1.807) is 24.3 Å². The van der Waals surface area contributed by atoms with E-state index in [1.807, 2.05) is 25.1 Å². The molecule has 0 amide bonds. The Morgan fingerprint density at radius 3 is 2.90 bits per heavy atom. The number of para-hydroxylation sites is 1. The van der Waals surface area contributed by atoms with Crippen molar-refractivity contribution in [1.29, 1.82) is 0 Å². The van der Waals surface area contributed by atoms with Crippen molar-refractivity contribution in [3.8, 4) is 5.75 Å². The number of nitrogens with zero attached hydrogens (tertiary/aromatic N) is 1. The molecule has 21 heavy (non-hydrogen) atoms. The molecule has 4 nitrogen and oxygen atoms in total. The van der Waals surface area contributed by atoms with E-state index >= 15 is 0 Å². The Balaban J connectivity index is 1.88. The molecule has 0 spiro atoms. The second kappa shape index (κ2) is 5.58. The molecule has 0 aliphatic carbocycles. The van der Waals surface area contributed by atoms with Gasteiger partial charge in [0.05, 0.1) is 10.9 Å². The number of hydrogen-bond donors (Lipinski definition) is 1. The summed E-state index contributed by atoms with van der Waals surface area (Å²) >= 11 is 5.95. The summed E-state index contributed by atoms with van der Waals surface area (Å²) in [5.74, 6) is 1.16. The molecule has 0 aliphatic heterocycles. The number of hydrogen-bond acceptors (Lipinski definition) is 3. The Labute approximate surface area is 126 Å². The van der Waals surface area contributed by atoms with Gasteiger partial charge in [0.2, 0.25) is 0 Å². The van der Waals surface area contributed by atoms with Crippen LogP contribution in [0.2, 0.25) is 5.02 Å². The third-order valence-corrected chi connectivity index (χ3v) is 3.41. The van der Waals surface area contributed by atoms with Crippen LogP contribution < -0.4 is 10.3 Å². The van der Waals surface area contributed by atoms with Gasteiger partial charge < -0.3 is 9.72 Å². The number of aromatic amines is 1. The molecule has 0 atom stereocenters. The van der Waals surface area contributed by atoms with E-state index in [0.29, 0.717) is 27.5 Å². The number of fused-ring (bicyclic) bond motifs is 1. The van der Waals surface area contributed by atoms with Gasteiger partial charge in [0.1, 0.15) is 18.2 Å². The quantitative estimate of drug-likeness (QED) is 0.806. The minimum Gasteiger partial charge on any atom is -0.485 e. The summed E-state index contributed by atoms with van der Waals surface area (Å²) in [6.45, 7) is 2.11. The molecule has 2 aromatic carbocycles. The SMILES string of the molecule is Cc1ccc(Cl)cc1OCc1nc2ccccc2c(=O)[nH]1. The third kappa shape index (κ3) is 2.90. The molecule has 1 heterocycles. The molecule has 0 radical (unpaired) electrons. The lowest BCUT2D eigenvalue weighted by molar-refractivity contribution is 0.294. The molecular formula is C16H13ClN2O2. The normalized spacial score (nSPS) is 10.8. The zero-order valence-electron chi connectivity index (χ0n) is 11.4. The van der Waals surface area contributed by atoms with Crippen molar-refractivity contribution >= 4 is 22.5 Å². The van der Waals surface area contributed by atoms with E-state index in [2.05, 4.69) is 9.97 Å². The fourth-order valence-corrected chi connectivity index (χ4v) is 2.24. The molecule has 5 heteroatoms. The minimum absolute atomic E-state index is 0.165. The van der Waals surface area contributed by atoms with Crippen molar-refractivity contribution in [3.05, 3.63) is 69.2 Å². The number of aryl methyl sites for hydroxylation is 1. The summed E-state index contributed by atoms with van der Waals surface area (Å²) in [6.07, 6.45) is 0. The zero-order valence-corrected chi connectivity index (χ0v) is 12.1. The van der Waals surface area contributed by atoms with Crippen molar-refractivity contribution in [2.75, 3.05) is 0 Å². The number of rotatable bonds is 3. The monoisotopic (exact) mass is 300 g/mol. The summed E-state index contributed by atoms with van der Waals surface area (Å²) in [7, 11) is 0. The van der Waals surface area contributed by atoms with Crippen LogP contribution in [0.5, 0.6) is 5.75 Å². The number of H-pyrrole nitrogens is 1. The van der Waals surface area contributed by atoms with Crippen LogP contribution in [0, 0.1) is 6.92 Å². The Hall–Kier alpha value is -2.33. The lowest BCUT2D eigenvalue weighted by atomic mass is 10.2. The molecule has 3 rings (SSSR count). The maximum absolute atomic E-state index is 12.0. The number of ether oxygens (including phenoxy) is 1. The van der Waals surface area contributed by atoms with E-state index in [-0.39, 0.29) is 12.2 Å². The van der Waals surface area contributed by atoms with Crippen LogP contribution in [0.25, 0.3) is 10.9 Å². The molecular weight excluding hydrogens is 288 g/mol. The van der Waals surface area contributed by atoms with Crippen LogP contribution in [0.15, 0.2) is 47.3 Å². The predicted octanol–water partition coefficient (Wildman–Crippen LogP) is 3.46. The van der Waals surface area contributed by atoms with Gasteiger partial charge >= 0.3 is 0 Å².